The summed E-state index contributed by atoms with van der Waals surface area (Å²) < 4.78 is 8.94. The molecule has 4 nitrogen and oxygen atoms in total. The third-order valence-corrected chi connectivity index (χ3v) is 3.93. The van der Waals surface area contributed by atoms with Crippen LogP contribution in [0.2, 0.25) is 0 Å². The Labute approximate surface area is 118 Å². The van der Waals surface area contributed by atoms with Crippen LogP contribution in [0.1, 0.15) is 18.9 Å². The molecular formula is C12H12BrN3OS. The number of hydrogen-bond donors (Lipinski definition) is 1. The molecule has 94 valence electrons. The quantitative estimate of drug-likeness (QED) is 0.875. The topological polar surface area (TPSA) is 42.8 Å². The highest BCUT2D eigenvalue weighted by molar-refractivity contribution is 9.10. The van der Waals surface area contributed by atoms with E-state index in [0.717, 1.165) is 21.6 Å². The van der Waals surface area contributed by atoms with E-state index >= 15 is 0 Å². The van der Waals surface area contributed by atoms with Crippen LogP contribution in [0, 0.1) is 4.77 Å². The summed E-state index contributed by atoms with van der Waals surface area (Å²) in [5.74, 6) is 1.71. The number of benzene rings is 1. The fraction of sp³-hybridized carbons (Fsp3) is 0.333. The van der Waals surface area contributed by atoms with Gasteiger partial charge in [0.2, 0.25) is 0 Å². The Morgan fingerprint density at radius 1 is 1.50 bits per heavy atom. The lowest BCUT2D eigenvalue weighted by Gasteiger charge is -2.07. The normalized spacial score (nSPS) is 14.8. The fourth-order valence-electron chi connectivity index (χ4n) is 1.99. The predicted molar refractivity (Wildman–Crippen MR) is 75.4 cm³/mol. The van der Waals surface area contributed by atoms with E-state index in [4.69, 9.17) is 17.0 Å². The molecule has 0 bridgehead atoms. The first kappa shape index (κ1) is 11.9. The average Bonchev–Trinajstić information content (AvgIpc) is 3.12. The third-order valence-electron chi connectivity index (χ3n) is 3.03. The number of aromatic amines is 1. The smallest absolute Gasteiger partial charge is 0.195 e. The molecule has 3 rings (SSSR count). The molecular weight excluding hydrogens is 314 g/mol. The second-order valence-corrected chi connectivity index (χ2v) is 5.54. The number of hydrogen-bond acceptors (Lipinski definition) is 3. The highest BCUT2D eigenvalue weighted by Gasteiger charge is 2.27. The van der Waals surface area contributed by atoms with Crippen molar-refractivity contribution < 1.29 is 4.74 Å². The Balaban J connectivity index is 2.09. The van der Waals surface area contributed by atoms with Crippen molar-refractivity contribution in [1.29, 1.82) is 0 Å². The number of nitrogens with zero attached hydrogens (tertiary/aromatic N) is 2. The van der Waals surface area contributed by atoms with E-state index in [1.165, 1.54) is 12.8 Å². The average molecular weight is 326 g/mol. The molecule has 0 spiro atoms. The highest BCUT2D eigenvalue weighted by Crippen LogP contribution is 2.39. The van der Waals surface area contributed by atoms with Gasteiger partial charge < -0.3 is 4.74 Å². The Morgan fingerprint density at radius 2 is 2.28 bits per heavy atom. The van der Waals surface area contributed by atoms with Crippen LogP contribution in [0.4, 0.5) is 0 Å². The first-order valence-corrected chi connectivity index (χ1v) is 6.91. The second-order valence-electron chi connectivity index (χ2n) is 4.30. The Bertz CT molecular complexity index is 645. The zero-order valence-electron chi connectivity index (χ0n) is 9.81. The lowest BCUT2D eigenvalue weighted by molar-refractivity contribution is 0.412. The van der Waals surface area contributed by atoms with Gasteiger partial charge in [-0.25, -0.2) is 0 Å². The van der Waals surface area contributed by atoms with Crippen LogP contribution < -0.4 is 4.74 Å². The molecule has 0 amide bonds. The summed E-state index contributed by atoms with van der Waals surface area (Å²) >= 11 is 8.77. The number of nitrogens with one attached hydrogen (secondary N) is 1. The molecule has 1 aromatic carbocycles. The molecule has 1 heterocycles. The largest absolute Gasteiger partial charge is 0.496 e. The van der Waals surface area contributed by atoms with Crippen LogP contribution >= 0.6 is 28.1 Å². The summed E-state index contributed by atoms with van der Waals surface area (Å²) in [6.45, 7) is 0. The Morgan fingerprint density at radius 3 is 2.89 bits per heavy atom. The summed E-state index contributed by atoms with van der Waals surface area (Å²) in [7, 11) is 1.65. The van der Waals surface area contributed by atoms with Crippen LogP contribution in [0.15, 0.2) is 22.7 Å². The molecule has 0 radical (unpaired) electrons. The lowest BCUT2D eigenvalue weighted by atomic mass is 10.2. The number of aromatic nitrogens is 3. The van der Waals surface area contributed by atoms with Crippen LogP contribution in [0.5, 0.6) is 5.75 Å². The summed E-state index contributed by atoms with van der Waals surface area (Å²) in [6.07, 6.45) is 2.36. The summed E-state index contributed by atoms with van der Waals surface area (Å²) in [5.41, 5.74) is 1.03. The molecule has 0 aliphatic heterocycles. The first-order valence-electron chi connectivity index (χ1n) is 5.71. The fourth-order valence-corrected chi connectivity index (χ4v) is 2.81. The molecule has 18 heavy (non-hydrogen) atoms. The molecule has 0 atom stereocenters. The Hall–Kier alpha value is -1.14. The van der Waals surface area contributed by atoms with Crippen molar-refractivity contribution in [1.82, 2.24) is 14.8 Å². The molecule has 6 heteroatoms. The third kappa shape index (κ3) is 1.99. The number of halogens is 1. The maximum absolute atomic E-state index is 5.28. The molecule has 0 saturated heterocycles. The van der Waals surface area contributed by atoms with Gasteiger partial charge in [-0.1, -0.05) is 0 Å². The van der Waals surface area contributed by atoms with Gasteiger partial charge >= 0.3 is 0 Å². The predicted octanol–water partition coefficient (Wildman–Crippen LogP) is 3.71. The number of methoxy groups -OCH3 is 1. The van der Waals surface area contributed by atoms with Gasteiger partial charge in [0, 0.05) is 11.6 Å². The van der Waals surface area contributed by atoms with Crippen molar-refractivity contribution in [2.24, 2.45) is 0 Å². The first-order chi connectivity index (χ1) is 8.70. The number of H-pyrrole nitrogens is 1. The van der Waals surface area contributed by atoms with Gasteiger partial charge in [0.05, 0.1) is 11.6 Å². The molecule has 1 N–H and O–H groups in total. The molecule has 1 aliphatic carbocycles. The van der Waals surface area contributed by atoms with Crippen molar-refractivity contribution >= 4 is 28.1 Å². The van der Waals surface area contributed by atoms with E-state index in [2.05, 4.69) is 30.7 Å². The molecule has 1 aromatic heterocycles. The monoisotopic (exact) mass is 325 g/mol. The molecule has 1 saturated carbocycles. The minimum Gasteiger partial charge on any atom is -0.496 e. The molecule has 0 unspecified atom stereocenters. The van der Waals surface area contributed by atoms with E-state index in [1.54, 1.807) is 7.11 Å². The molecule has 2 aromatic rings. The van der Waals surface area contributed by atoms with E-state index in [-0.39, 0.29) is 0 Å². The zero-order valence-corrected chi connectivity index (χ0v) is 12.2. The van der Waals surface area contributed by atoms with Crippen LogP contribution in [0.25, 0.3) is 11.4 Å². The van der Waals surface area contributed by atoms with Crippen molar-refractivity contribution in [3.63, 3.8) is 0 Å². The van der Waals surface area contributed by atoms with Crippen molar-refractivity contribution in [2.75, 3.05) is 7.11 Å². The van der Waals surface area contributed by atoms with Crippen molar-refractivity contribution in [2.45, 2.75) is 18.9 Å². The van der Waals surface area contributed by atoms with Gasteiger partial charge in [0.15, 0.2) is 10.6 Å². The maximum Gasteiger partial charge on any atom is 0.195 e. The number of ether oxygens (including phenoxy) is 1. The minimum atomic E-state index is 0.507. The van der Waals surface area contributed by atoms with Gasteiger partial charge in [-0.15, -0.1) is 0 Å². The zero-order chi connectivity index (χ0) is 12.7. The molecule has 1 aliphatic rings. The second kappa shape index (κ2) is 4.51. The van der Waals surface area contributed by atoms with Crippen molar-refractivity contribution in [3.05, 3.63) is 27.4 Å². The van der Waals surface area contributed by atoms with Gasteiger partial charge in [0.1, 0.15) is 5.75 Å². The van der Waals surface area contributed by atoms with Crippen molar-refractivity contribution in [3.8, 4) is 17.1 Å². The van der Waals surface area contributed by atoms with E-state index < -0.39 is 0 Å². The lowest BCUT2D eigenvalue weighted by Crippen LogP contribution is -1.97. The van der Waals surface area contributed by atoms with Crippen LogP contribution in [-0.2, 0) is 0 Å². The maximum atomic E-state index is 5.28. The highest BCUT2D eigenvalue weighted by atomic mass is 79.9. The summed E-state index contributed by atoms with van der Waals surface area (Å²) in [6, 6.07) is 6.43. The van der Waals surface area contributed by atoms with Gasteiger partial charge in [-0.2, -0.15) is 5.10 Å². The van der Waals surface area contributed by atoms with E-state index in [9.17, 15) is 0 Å². The summed E-state index contributed by atoms with van der Waals surface area (Å²) in [5, 5.41) is 7.20. The summed E-state index contributed by atoms with van der Waals surface area (Å²) in [4.78, 5) is 0. The van der Waals surface area contributed by atoms with Gasteiger partial charge in [0.25, 0.3) is 0 Å². The number of rotatable bonds is 3. The standard InChI is InChI=1S/C12H12BrN3OS/c1-17-10-5-2-7(6-9(10)13)11-14-15-12(18)16(11)8-3-4-8/h2,5-6,8H,3-4H2,1H3,(H,15,18). The van der Waals surface area contributed by atoms with Crippen LogP contribution in [-0.4, -0.2) is 21.9 Å². The molecule has 1 fully saturated rings. The van der Waals surface area contributed by atoms with Gasteiger partial charge in [-0.3, -0.25) is 9.67 Å². The minimum absolute atomic E-state index is 0.507. The van der Waals surface area contributed by atoms with Crippen LogP contribution in [0.3, 0.4) is 0 Å². The Kier molecular flexibility index (Phi) is 2.99. The van der Waals surface area contributed by atoms with E-state index in [1.807, 2.05) is 18.2 Å². The van der Waals surface area contributed by atoms with Gasteiger partial charge in [-0.05, 0) is 59.2 Å². The van der Waals surface area contributed by atoms with E-state index in [0.29, 0.717) is 10.8 Å². The SMILES string of the molecule is COc1ccc(-c2n[nH]c(=S)n2C2CC2)cc1Br.